The number of rotatable bonds is 5. The average molecular weight is 504 g/mol. The number of hydrogen-bond donors (Lipinski definition) is 0. The van der Waals surface area contributed by atoms with Gasteiger partial charge in [0.2, 0.25) is 0 Å². The van der Waals surface area contributed by atoms with Gasteiger partial charge >= 0.3 is 12.1 Å². The lowest BCUT2D eigenvalue weighted by atomic mass is 9.81. The summed E-state index contributed by atoms with van der Waals surface area (Å²) in [6.45, 7) is 7.58. The van der Waals surface area contributed by atoms with E-state index in [1.165, 1.54) is 7.11 Å². The lowest BCUT2D eigenvalue weighted by Crippen LogP contribution is -2.54. The van der Waals surface area contributed by atoms with Crippen LogP contribution in [0.3, 0.4) is 0 Å². The van der Waals surface area contributed by atoms with Gasteiger partial charge in [0.1, 0.15) is 28.6 Å². The Kier molecular flexibility index (Phi) is 6.67. The highest BCUT2D eigenvalue weighted by Gasteiger charge is 2.42. The zero-order chi connectivity index (χ0) is 26.2. The van der Waals surface area contributed by atoms with Crippen LogP contribution in [0.1, 0.15) is 55.8 Å². The maximum Gasteiger partial charge on any atom is 0.410 e. The molecule has 0 spiro atoms. The number of hydrogen-bond acceptors (Lipinski definition) is 6. The summed E-state index contributed by atoms with van der Waals surface area (Å²) in [4.78, 5) is 32.1. The van der Waals surface area contributed by atoms with Crippen molar-refractivity contribution in [3.05, 3.63) is 66.1 Å². The second kappa shape index (κ2) is 9.92. The third-order valence-electron chi connectivity index (χ3n) is 6.84. The molecule has 0 aliphatic carbocycles. The number of para-hydroxylation sites is 1. The summed E-state index contributed by atoms with van der Waals surface area (Å²) in [6.07, 6.45) is 1.62. The van der Waals surface area contributed by atoms with Crippen molar-refractivity contribution >= 4 is 12.1 Å². The zero-order valence-electron chi connectivity index (χ0n) is 21.8. The molecular formula is C29H33N3O5. The van der Waals surface area contributed by atoms with E-state index in [1.807, 2.05) is 79.9 Å². The van der Waals surface area contributed by atoms with Gasteiger partial charge in [0.25, 0.3) is 0 Å². The van der Waals surface area contributed by atoms with Crippen molar-refractivity contribution in [2.75, 3.05) is 20.2 Å². The van der Waals surface area contributed by atoms with E-state index in [0.29, 0.717) is 36.8 Å². The van der Waals surface area contributed by atoms with Gasteiger partial charge in [-0.25, -0.2) is 14.6 Å². The second-order valence-corrected chi connectivity index (χ2v) is 10.6. The molecule has 0 radical (unpaired) electrons. The summed E-state index contributed by atoms with van der Waals surface area (Å²) in [6, 6.07) is 17.2. The molecule has 2 aliphatic rings. The van der Waals surface area contributed by atoms with Gasteiger partial charge in [-0.05, 0) is 70.0 Å². The fraction of sp³-hybridized carbons (Fsp3) is 0.414. The standard InChI is InChI=1S/C29H33N3O5/c1-29(2,3)37-28(34)31-17-20(18-31)23-11-8-16-32-25(27(33)35-4)24(30-26(23)32)19-12-14-22(15-13-19)36-21-9-6-5-7-10-21/h5-7,9-10,12-15,20,23H,8,11,16-18H2,1-4H3. The van der Waals surface area contributed by atoms with Crippen LogP contribution in [0.4, 0.5) is 4.79 Å². The molecule has 1 aromatic heterocycles. The summed E-state index contributed by atoms with van der Waals surface area (Å²) >= 11 is 0. The van der Waals surface area contributed by atoms with E-state index in [-0.39, 0.29) is 17.9 Å². The van der Waals surface area contributed by atoms with Crippen molar-refractivity contribution in [1.29, 1.82) is 0 Å². The first-order chi connectivity index (χ1) is 17.7. The van der Waals surface area contributed by atoms with Gasteiger partial charge in [-0.2, -0.15) is 0 Å². The van der Waals surface area contributed by atoms with E-state index in [9.17, 15) is 9.59 Å². The zero-order valence-corrected chi connectivity index (χ0v) is 21.8. The van der Waals surface area contributed by atoms with Crippen molar-refractivity contribution in [3.63, 3.8) is 0 Å². The van der Waals surface area contributed by atoms with Crippen LogP contribution < -0.4 is 4.74 Å². The fourth-order valence-corrected chi connectivity index (χ4v) is 5.08. The van der Waals surface area contributed by atoms with Crippen LogP contribution in [-0.4, -0.2) is 52.3 Å². The molecule has 0 N–H and O–H groups in total. The molecule has 1 saturated heterocycles. The third kappa shape index (κ3) is 5.19. The number of carbonyl (C=O) groups excluding carboxylic acids is 2. The maximum absolute atomic E-state index is 12.9. The monoisotopic (exact) mass is 503 g/mol. The van der Waals surface area contributed by atoms with Crippen LogP contribution in [0.5, 0.6) is 11.5 Å². The first kappa shape index (κ1) is 24.9. The predicted molar refractivity (Wildman–Crippen MR) is 139 cm³/mol. The Morgan fingerprint density at radius 3 is 2.30 bits per heavy atom. The van der Waals surface area contributed by atoms with Crippen molar-refractivity contribution < 1.29 is 23.8 Å². The molecule has 2 aliphatic heterocycles. The first-order valence-electron chi connectivity index (χ1n) is 12.7. The highest BCUT2D eigenvalue weighted by atomic mass is 16.6. The van der Waals surface area contributed by atoms with Crippen molar-refractivity contribution in [2.45, 2.75) is 51.7 Å². The van der Waals surface area contributed by atoms with Gasteiger partial charge in [-0.15, -0.1) is 0 Å². The number of methoxy groups -OCH3 is 1. The Morgan fingerprint density at radius 2 is 1.65 bits per heavy atom. The molecule has 8 nitrogen and oxygen atoms in total. The summed E-state index contributed by atoms with van der Waals surface area (Å²) < 4.78 is 18.6. The number of likely N-dealkylation sites (tertiary alicyclic amines) is 1. The van der Waals surface area contributed by atoms with Gasteiger partial charge in [0.05, 0.1) is 7.11 Å². The number of ether oxygens (including phenoxy) is 3. The molecule has 8 heteroatoms. The van der Waals surface area contributed by atoms with E-state index < -0.39 is 11.6 Å². The fourth-order valence-electron chi connectivity index (χ4n) is 5.08. The van der Waals surface area contributed by atoms with Gasteiger partial charge in [0, 0.05) is 37.0 Å². The first-order valence-corrected chi connectivity index (χ1v) is 12.7. The number of imidazole rings is 1. The third-order valence-corrected chi connectivity index (χ3v) is 6.84. The van der Waals surface area contributed by atoms with Crippen LogP contribution in [0, 0.1) is 5.92 Å². The minimum Gasteiger partial charge on any atom is -0.464 e. The van der Waals surface area contributed by atoms with E-state index in [1.54, 1.807) is 4.90 Å². The molecule has 1 fully saturated rings. The summed E-state index contributed by atoms with van der Waals surface area (Å²) in [7, 11) is 1.40. The van der Waals surface area contributed by atoms with Crippen LogP contribution in [0.2, 0.25) is 0 Å². The number of aromatic nitrogens is 2. The highest BCUT2D eigenvalue weighted by molar-refractivity contribution is 5.95. The summed E-state index contributed by atoms with van der Waals surface area (Å²) in [5.74, 6) is 2.38. The molecule has 3 heterocycles. The summed E-state index contributed by atoms with van der Waals surface area (Å²) in [5.41, 5.74) is 1.39. The van der Waals surface area contributed by atoms with Gasteiger partial charge < -0.3 is 23.7 Å². The van der Waals surface area contributed by atoms with Crippen LogP contribution >= 0.6 is 0 Å². The molecule has 0 bridgehead atoms. The van der Waals surface area contributed by atoms with Gasteiger partial charge in [-0.1, -0.05) is 18.2 Å². The number of nitrogens with zero attached hydrogens (tertiary/aromatic N) is 3. The van der Waals surface area contributed by atoms with Crippen molar-refractivity contribution in [1.82, 2.24) is 14.5 Å². The maximum atomic E-state index is 12.9. The van der Waals surface area contributed by atoms with Crippen LogP contribution in [0.15, 0.2) is 54.6 Å². The molecule has 194 valence electrons. The molecule has 1 unspecified atom stereocenters. The number of benzene rings is 2. The number of amides is 1. The quantitative estimate of drug-likeness (QED) is 0.405. The Morgan fingerprint density at radius 1 is 0.973 bits per heavy atom. The van der Waals surface area contributed by atoms with Gasteiger partial charge in [0.15, 0.2) is 5.69 Å². The van der Waals surface area contributed by atoms with E-state index in [0.717, 1.165) is 30.0 Å². The minimum absolute atomic E-state index is 0.158. The number of carbonyl (C=O) groups is 2. The SMILES string of the molecule is COC(=O)c1c(-c2ccc(Oc3ccccc3)cc2)nc2n1CCCC2C1CN(C(=O)OC(C)(C)C)C1. The number of fused-ring (bicyclic) bond motifs is 1. The van der Waals surface area contributed by atoms with E-state index >= 15 is 0 Å². The van der Waals surface area contributed by atoms with Crippen LogP contribution in [-0.2, 0) is 16.0 Å². The molecule has 1 atom stereocenters. The molecule has 37 heavy (non-hydrogen) atoms. The second-order valence-electron chi connectivity index (χ2n) is 10.6. The molecule has 5 rings (SSSR count). The topological polar surface area (TPSA) is 82.9 Å². The Hall–Kier alpha value is -3.81. The molecule has 0 saturated carbocycles. The Bertz CT molecular complexity index is 1270. The highest BCUT2D eigenvalue weighted by Crippen LogP contribution is 2.41. The van der Waals surface area contributed by atoms with Crippen molar-refractivity contribution in [3.8, 4) is 22.8 Å². The number of esters is 1. The molecule has 2 aromatic carbocycles. The largest absolute Gasteiger partial charge is 0.464 e. The Balaban J connectivity index is 1.39. The van der Waals surface area contributed by atoms with Gasteiger partial charge in [-0.3, -0.25) is 0 Å². The Labute approximate surface area is 217 Å². The lowest BCUT2D eigenvalue weighted by molar-refractivity contribution is -0.00702. The molecule has 3 aromatic rings. The normalized spacial score (nSPS) is 17.5. The lowest BCUT2D eigenvalue weighted by Gasteiger charge is -2.44. The van der Waals surface area contributed by atoms with E-state index in [2.05, 4.69) is 0 Å². The molecule has 1 amide bonds. The predicted octanol–water partition coefficient (Wildman–Crippen LogP) is 5.87. The average Bonchev–Trinajstić information content (AvgIpc) is 3.23. The van der Waals surface area contributed by atoms with E-state index in [4.69, 9.17) is 19.2 Å². The minimum atomic E-state index is -0.519. The summed E-state index contributed by atoms with van der Waals surface area (Å²) in [5, 5.41) is 0. The van der Waals surface area contributed by atoms with Crippen LogP contribution in [0.25, 0.3) is 11.3 Å². The smallest absolute Gasteiger partial charge is 0.410 e. The van der Waals surface area contributed by atoms with Crippen molar-refractivity contribution in [2.24, 2.45) is 5.92 Å². The molecular weight excluding hydrogens is 470 g/mol.